The highest BCUT2D eigenvalue weighted by molar-refractivity contribution is 5.99. The number of nitrogens with two attached hydrogens (primary N) is 1. The molecule has 0 spiro atoms. The number of anilines is 2. The Labute approximate surface area is 172 Å². The van der Waals surface area contributed by atoms with Crippen LogP contribution in [0.2, 0.25) is 0 Å². The Morgan fingerprint density at radius 1 is 1.07 bits per heavy atom. The van der Waals surface area contributed by atoms with Crippen LogP contribution in [-0.2, 0) is 4.79 Å². The van der Waals surface area contributed by atoms with Gasteiger partial charge in [-0.05, 0) is 68.5 Å². The summed E-state index contributed by atoms with van der Waals surface area (Å²) >= 11 is 0. The van der Waals surface area contributed by atoms with E-state index in [0.29, 0.717) is 11.3 Å². The highest BCUT2D eigenvalue weighted by atomic mass is 16.5. The fourth-order valence-corrected chi connectivity index (χ4v) is 3.53. The topological polar surface area (TPSA) is 84.7 Å². The van der Waals surface area contributed by atoms with E-state index in [0.717, 1.165) is 48.5 Å². The summed E-state index contributed by atoms with van der Waals surface area (Å²) in [7, 11) is 0. The van der Waals surface area contributed by atoms with Gasteiger partial charge in [-0.15, -0.1) is 0 Å². The Hall–Kier alpha value is -3.02. The fourth-order valence-electron chi connectivity index (χ4n) is 3.53. The fraction of sp³-hybridized carbons (Fsp3) is 0.391. The number of aryl methyl sites for hydroxylation is 2. The van der Waals surface area contributed by atoms with E-state index in [2.05, 4.69) is 10.2 Å². The van der Waals surface area contributed by atoms with Crippen molar-refractivity contribution >= 4 is 23.2 Å². The van der Waals surface area contributed by atoms with Crippen molar-refractivity contribution in [3.8, 4) is 5.75 Å². The van der Waals surface area contributed by atoms with E-state index in [-0.39, 0.29) is 18.9 Å². The molecule has 154 valence electrons. The summed E-state index contributed by atoms with van der Waals surface area (Å²) < 4.78 is 5.79. The molecule has 0 atom stereocenters. The third-order valence-electron chi connectivity index (χ3n) is 5.18. The van der Waals surface area contributed by atoms with Gasteiger partial charge < -0.3 is 20.7 Å². The molecule has 1 heterocycles. The first-order valence-corrected chi connectivity index (χ1v) is 10.1. The number of rotatable bonds is 7. The number of carbonyl (C=O) groups is 2. The van der Waals surface area contributed by atoms with Crippen molar-refractivity contribution < 1.29 is 14.3 Å². The summed E-state index contributed by atoms with van der Waals surface area (Å²) in [6, 6.07) is 11.3. The number of primary amides is 1. The monoisotopic (exact) mass is 395 g/mol. The van der Waals surface area contributed by atoms with Gasteiger partial charge in [-0.25, -0.2) is 0 Å². The summed E-state index contributed by atoms with van der Waals surface area (Å²) in [5.74, 6) is 0.127. The normalized spacial score (nSPS) is 13.8. The van der Waals surface area contributed by atoms with Crippen LogP contribution < -0.4 is 20.7 Å². The van der Waals surface area contributed by atoms with Crippen molar-refractivity contribution in [3.05, 3.63) is 53.1 Å². The molecule has 0 unspecified atom stereocenters. The van der Waals surface area contributed by atoms with Gasteiger partial charge in [-0.2, -0.15) is 0 Å². The second kappa shape index (κ2) is 9.45. The Balaban J connectivity index is 1.67. The van der Waals surface area contributed by atoms with Crippen molar-refractivity contribution in [2.75, 3.05) is 29.9 Å². The molecule has 1 aliphatic heterocycles. The minimum atomic E-state index is -0.510. The third kappa shape index (κ3) is 5.50. The Morgan fingerprint density at radius 2 is 1.83 bits per heavy atom. The van der Waals surface area contributed by atoms with Crippen LogP contribution in [0.15, 0.2) is 36.4 Å². The molecular formula is C23H29N3O3. The van der Waals surface area contributed by atoms with Gasteiger partial charge in [0.05, 0.1) is 24.4 Å². The van der Waals surface area contributed by atoms with Crippen molar-refractivity contribution in [3.63, 3.8) is 0 Å². The smallest absolute Gasteiger partial charge is 0.248 e. The maximum atomic E-state index is 12.5. The van der Waals surface area contributed by atoms with E-state index in [1.54, 1.807) is 12.1 Å². The zero-order valence-corrected chi connectivity index (χ0v) is 17.2. The molecule has 6 nitrogen and oxygen atoms in total. The first-order chi connectivity index (χ1) is 13.9. The molecule has 3 N–H and O–H groups in total. The lowest BCUT2D eigenvalue weighted by atomic mass is 10.1. The number of hydrogen-bond acceptors (Lipinski definition) is 4. The first kappa shape index (κ1) is 20.7. The minimum Gasteiger partial charge on any atom is -0.493 e. The molecule has 0 saturated carbocycles. The summed E-state index contributed by atoms with van der Waals surface area (Å²) in [5.41, 5.74) is 9.52. The predicted octanol–water partition coefficient (Wildman–Crippen LogP) is 3.80. The van der Waals surface area contributed by atoms with Crippen LogP contribution in [0.3, 0.4) is 0 Å². The Morgan fingerprint density at radius 3 is 2.55 bits per heavy atom. The summed E-state index contributed by atoms with van der Waals surface area (Å²) in [5, 5.41) is 2.95. The maximum absolute atomic E-state index is 12.5. The molecule has 2 aromatic carbocycles. The number of benzene rings is 2. The van der Waals surface area contributed by atoms with Crippen LogP contribution in [0.25, 0.3) is 0 Å². The Bertz CT molecular complexity index is 889. The largest absolute Gasteiger partial charge is 0.493 e. The number of nitrogens with one attached hydrogen (secondary N) is 1. The average Bonchev–Trinajstić information content (AvgIpc) is 2.71. The highest BCUT2D eigenvalue weighted by Crippen LogP contribution is 2.30. The van der Waals surface area contributed by atoms with Crippen molar-refractivity contribution in [2.45, 2.75) is 39.5 Å². The second-order valence-corrected chi connectivity index (χ2v) is 7.56. The van der Waals surface area contributed by atoms with Crippen LogP contribution in [0, 0.1) is 13.8 Å². The maximum Gasteiger partial charge on any atom is 0.248 e. The third-order valence-corrected chi connectivity index (χ3v) is 5.18. The standard InChI is InChI=1S/C23H29N3O3/c1-16-6-7-17(2)21(14-16)29-13-10-22(27)25-19-15-18(23(24)28)8-9-20(19)26-11-4-3-5-12-26/h6-9,14-15H,3-5,10-13H2,1-2H3,(H2,24,28)(H,25,27). The van der Waals surface area contributed by atoms with Gasteiger partial charge in [0.1, 0.15) is 5.75 Å². The van der Waals surface area contributed by atoms with Gasteiger partial charge in [0.25, 0.3) is 0 Å². The quantitative estimate of drug-likeness (QED) is 0.747. The molecular weight excluding hydrogens is 366 g/mol. The lowest BCUT2D eigenvalue weighted by Crippen LogP contribution is -2.30. The number of carbonyl (C=O) groups excluding carboxylic acids is 2. The van der Waals surface area contributed by atoms with Crippen LogP contribution in [-0.4, -0.2) is 31.5 Å². The van der Waals surface area contributed by atoms with Gasteiger partial charge >= 0.3 is 0 Å². The van der Waals surface area contributed by atoms with E-state index in [1.807, 2.05) is 38.1 Å². The van der Waals surface area contributed by atoms with Gasteiger partial charge in [0, 0.05) is 18.7 Å². The van der Waals surface area contributed by atoms with E-state index < -0.39 is 5.91 Å². The zero-order chi connectivity index (χ0) is 20.8. The lowest BCUT2D eigenvalue weighted by Gasteiger charge is -2.30. The minimum absolute atomic E-state index is 0.157. The van der Waals surface area contributed by atoms with Crippen LogP contribution in [0.5, 0.6) is 5.75 Å². The van der Waals surface area contributed by atoms with Gasteiger partial charge in [-0.3, -0.25) is 9.59 Å². The predicted molar refractivity (Wildman–Crippen MR) is 116 cm³/mol. The first-order valence-electron chi connectivity index (χ1n) is 10.1. The number of hydrogen-bond donors (Lipinski definition) is 2. The van der Waals surface area contributed by atoms with Crippen molar-refractivity contribution in [1.82, 2.24) is 0 Å². The number of nitrogens with zero attached hydrogens (tertiary/aromatic N) is 1. The van der Waals surface area contributed by atoms with Crippen LogP contribution in [0.4, 0.5) is 11.4 Å². The molecule has 29 heavy (non-hydrogen) atoms. The molecule has 0 aliphatic carbocycles. The van der Waals surface area contributed by atoms with Gasteiger partial charge in [0.2, 0.25) is 11.8 Å². The average molecular weight is 396 g/mol. The molecule has 6 heteroatoms. The highest BCUT2D eigenvalue weighted by Gasteiger charge is 2.17. The van der Waals surface area contributed by atoms with Gasteiger partial charge in [-0.1, -0.05) is 12.1 Å². The van der Waals surface area contributed by atoms with Crippen molar-refractivity contribution in [2.24, 2.45) is 5.73 Å². The molecule has 2 amide bonds. The molecule has 1 fully saturated rings. The molecule has 2 aromatic rings. The van der Waals surface area contributed by atoms with Crippen molar-refractivity contribution in [1.29, 1.82) is 0 Å². The molecule has 1 saturated heterocycles. The summed E-state index contributed by atoms with van der Waals surface area (Å²) in [6.45, 7) is 6.15. The van der Waals surface area contributed by atoms with E-state index in [1.165, 1.54) is 6.42 Å². The summed E-state index contributed by atoms with van der Waals surface area (Å²) in [4.78, 5) is 26.4. The molecule has 0 radical (unpaired) electrons. The van der Waals surface area contributed by atoms with Crippen LogP contribution >= 0.6 is 0 Å². The lowest BCUT2D eigenvalue weighted by molar-refractivity contribution is -0.116. The molecule has 1 aliphatic rings. The Kier molecular flexibility index (Phi) is 6.75. The zero-order valence-electron chi connectivity index (χ0n) is 17.2. The van der Waals surface area contributed by atoms with E-state index in [4.69, 9.17) is 10.5 Å². The molecule has 0 bridgehead atoms. The van der Waals surface area contributed by atoms with Gasteiger partial charge in [0.15, 0.2) is 0 Å². The van der Waals surface area contributed by atoms with E-state index in [9.17, 15) is 9.59 Å². The number of amides is 2. The SMILES string of the molecule is Cc1ccc(C)c(OCCC(=O)Nc2cc(C(N)=O)ccc2N2CCCCC2)c1. The van der Waals surface area contributed by atoms with Crippen LogP contribution in [0.1, 0.15) is 47.2 Å². The second-order valence-electron chi connectivity index (χ2n) is 7.56. The van der Waals surface area contributed by atoms with E-state index >= 15 is 0 Å². The number of ether oxygens (including phenoxy) is 1. The number of piperidine rings is 1. The molecule has 3 rings (SSSR count). The molecule has 0 aromatic heterocycles. The summed E-state index contributed by atoms with van der Waals surface area (Å²) in [6.07, 6.45) is 3.67.